The van der Waals surface area contributed by atoms with Crippen LogP contribution in [0, 0.1) is 17.1 Å². The third-order valence-electron chi connectivity index (χ3n) is 4.55. The molecule has 3 aromatic rings. The first-order chi connectivity index (χ1) is 13.9. The van der Waals surface area contributed by atoms with E-state index in [4.69, 9.17) is 0 Å². The van der Waals surface area contributed by atoms with Crippen molar-refractivity contribution in [3.05, 3.63) is 65.9 Å². The summed E-state index contributed by atoms with van der Waals surface area (Å²) in [4.78, 5) is 21.2. The smallest absolute Gasteiger partial charge is 0.238 e. The second-order valence-corrected chi connectivity index (χ2v) is 6.62. The molecule has 0 saturated carbocycles. The number of hydrogen-bond acceptors (Lipinski definition) is 5. The van der Waals surface area contributed by atoms with Crippen molar-refractivity contribution in [2.75, 3.05) is 18.9 Å². The van der Waals surface area contributed by atoms with Crippen LogP contribution in [-0.4, -0.2) is 45.5 Å². The number of nitriles is 1. The molecular weight excluding hydrogens is 373 g/mol. The van der Waals surface area contributed by atoms with Gasteiger partial charge in [0.05, 0.1) is 23.6 Å². The average Bonchev–Trinajstić information content (AvgIpc) is 3.11. The Morgan fingerprint density at radius 1 is 1.34 bits per heavy atom. The monoisotopic (exact) mass is 393 g/mol. The van der Waals surface area contributed by atoms with Crippen LogP contribution in [0.1, 0.15) is 12.7 Å². The van der Waals surface area contributed by atoms with E-state index in [1.165, 1.54) is 18.2 Å². The van der Waals surface area contributed by atoms with Crippen LogP contribution in [0.15, 0.2) is 54.3 Å². The van der Waals surface area contributed by atoms with Gasteiger partial charge in [0.15, 0.2) is 5.82 Å². The van der Waals surface area contributed by atoms with E-state index < -0.39 is 11.9 Å². The predicted molar refractivity (Wildman–Crippen MR) is 108 cm³/mol. The summed E-state index contributed by atoms with van der Waals surface area (Å²) < 4.78 is 13.2. The molecule has 3 N–H and O–H groups in total. The molecule has 1 atom stereocenters. The molecule has 148 valence electrons. The Morgan fingerprint density at radius 3 is 2.79 bits per heavy atom. The van der Waals surface area contributed by atoms with Gasteiger partial charge in [-0.25, -0.2) is 9.37 Å². The number of H-pyrrole nitrogens is 1. The molecule has 7 nitrogen and oxygen atoms in total. The van der Waals surface area contributed by atoms with Crippen LogP contribution in [0.4, 0.5) is 10.1 Å². The highest BCUT2D eigenvalue weighted by Crippen LogP contribution is 2.21. The fraction of sp³-hybridized carbons (Fsp3) is 0.190. The van der Waals surface area contributed by atoms with E-state index in [1.54, 1.807) is 31.0 Å². The standard InChI is InChI=1S/C21H20FN5O2/c1-13(27(2)12-19(28)24-15-7-5-6-14(22)10-15)20(29)16(11-23)21-25-17-8-3-4-9-18(17)26-21/h3-10,13,29H,12H2,1-2H3,(H,24,28)(H,25,26)/b20-16-/t13-/m1/s1. The number of allylic oxidation sites excluding steroid dienone is 1. The first-order valence-corrected chi connectivity index (χ1v) is 8.93. The van der Waals surface area contributed by atoms with Gasteiger partial charge in [0.2, 0.25) is 5.91 Å². The van der Waals surface area contributed by atoms with Crippen LogP contribution >= 0.6 is 0 Å². The summed E-state index contributed by atoms with van der Waals surface area (Å²) in [5.74, 6) is -0.766. The number of likely N-dealkylation sites (N-methyl/N-ethyl adjacent to an activating group) is 1. The second kappa shape index (κ2) is 8.54. The van der Waals surface area contributed by atoms with Crippen molar-refractivity contribution in [2.24, 2.45) is 0 Å². The third kappa shape index (κ3) is 4.59. The molecule has 0 aliphatic carbocycles. The van der Waals surface area contributed by atoms with Crippen LogP contribution in [0.2, 0.25) is 0 Å². The lowest BCUT2D eigenvalue weighted by Crippen LogP contribution is -2.37. The van der Waals surface area contributed by atoms with Crippen molar-refractivity contribution >= 4 is 28.2 Å². The van der Waals surface area contributed by atoms with Crippen molar-refractivity contribution in [3.8, 4) is 6.07 Å². The second-order valence-electron chi connectivity index (χ2n) is 6.62. The minimum atomic E-state index is -0.629. The van der Waals surface area contributed by atoms with Gasteiger partial charge in [0, 0.05) is 5.69 Å². The maximum atomic E-state index is 13.2. The van der Waals surface area contributed by atoms with Gasteiger partial charge >= 0.3 is 0 Å². The van der Waals surface area contributed by atoms with Gasteiger partial charge < -0.3 is 15.4 Å². The summed E-state index contributed by atoms with van der Waals surface area (Å²) >= 11 is 0. The van der Waals surface area contributed by atoms with E-state index in [-0.39, 0.29) is 29.6 Å². The van der Waals surface area contributed by atoms with Gasteiger partial charge in [0.25, 0.3) is 0 Å². The molecule has 2 aromatic carbocycles. The van der Waals surface area contributed by atoms with Gasteiger partial charge in [-0.15, -0.1) is 0 Å². The number of anilines is 1. The number of aliphatic hydroxyl groups is 1. The van der Waals surface area contributed by atoms with Crippen LogP contribution in [0.25, 0.3) is 16.6 Å². The fourth-order valence-electron chi connectivity index (χ4n) is 2.85. The number of carbonyl (C=O) groups is 1. The number of rotatable bonds is 6. The molecule has 1 heterocycles. The lowest BCUT2D eigenvalue weighted by molar-refractivity contribution is -0.117. The molecule has 0 unspecified atom stereocenters. The Balaban J connectivity index is 1.75. The number of fused-ring (bicyclic) bond motifs is 1. The highest BCUT2D eigenvalue weighted by atomic mass is 19.1. The lowest BCUT2D eigenvalue weighted by Gasteiger charge is -2.24. The van der Waals surface area contributed by atoms with Crippen LogP contribution in [0.5, 0.6) is 0 Å². The fourth-order valence-corrected chi connectivity index (χ4v) is 2.85. The SMILES string of the molecule is C[C@H](/C(O)=C(\C#N)c1nc2ccccc2[nH]1)N(C)CC(=O)Nc1cccc(F)c1. The minimum absolute atomic E-state index is 0.00564. The molecule has 0 bridgehead atoms. The Hall–Kier alpha value is -3.70. The van der Waals surface area contributed by atoms with Gasteiger partial charge in [-0.2, -0.15) is 5.26 Å². The number of nitrogens with zero attached hydrogens (tertiary/aromatic N) is 3. The van der Waals surface area contributed by atoms with E-state index >= 15 is 0 Å². The summed E-state index contributed by atoms with van der Waals surface area (Å²) in [6.45, 7) is 1.60. The number of hydrogen-bond donors (Lipinski definition) is 3. The van der Waals surface area contributed by atoms with E-state index in [9.17, 15) is 19.6 Å². The number of amides is 1. The van der Waals surface area contributed by atoms with Crippen LogP contribution in [-0.2, 0) is 4.79 Å². The zero-order valence-electron chi connectivity index (χ0n) is 16.0. The molecule has 29 heavy (non-hydrogen) atoms. The topological polar surface area (TPSA) is 105 Å². The molecule has 0 saturated heterocycles. The Labute approximate surface area is 167 Å². The maximum absolute atomic E-state index is 13.2. The van der Waals surface area contributed by atoms with Crippen molar-refractivity contribution in [1.82, 2.24) is 14.9 Å². The zero-order chi connectivity index (χ0) is 21.0. The van der Waals surface area contributed by atoms with Crippen molar-refractivity contribution in [3.63, 3.8) is 0 Å². The quantitative estimate of drug-likeness (QED) is 0.439. The highest BCUT2D eigenvalue weighted by molar-refractivity contribution is 5.92. The summed E-state index contributed by atoms with van der Waals surface area (Å²) in [5.41, 5.74) is 1.78. The first-order valence-electron chi connectivity index (χ1n) is 8.93. The van der Waals surface area contributed by atoms with Crippen LogP contribution < -0.4 is 5.32 Å². The average molecular weight is 393 g/mol. The lowest BCUT2D eigenvalue weighted by atomic mass is 10.1. The van der Waals surface area contributed by atoms with E-state index in [2.05, 4.69) is 15.3 Å². The first kappa shape index (κ1) is 20.0. The molecule has 1 amide bonds. The molecule has 0 aliphatic heterocycles. The number of carbonyl (C=O) groups excluding carboxylic acids is 1. The number of nitrogens with one attached hydrogen (secondary N) is 2. The van der Waals surface area contributed by atoms with Gasteiger partial charge in [-0.1, -0.05) is 18.2 Å². The van der Waals surface area contributed by atoms with Crippen LogP contribution in [0.3, 0.4) is 0 Å². The largest absolute Gasteiger partial charge is 0.509 e. The van der Waals surface area contributed by atoms with Gasteiger partial charge in [-0.3, -0.25) is 9.69 Å². The molecule has 8 heteroatoms. The predicted octanol–water partition coefficient (Wildman–Crippen LogP) is 3.45. The molecule has 1 aromatic heterocycles. The number of aliphatic hydroxyl groups excluding tert-OH is 1. The number of aromatic nitrogens is 2. The molecule has 0 fully saturated rings. The minimum Gasteiger partial charge on any atom is -0.509 e. The summed E-state index contributed by atoms with van der Waals surface area (Å²) in [7, 11) is 1.64. The maximum Gasteiger partial charge on any atom is 0.238 e. The van der Waals surface area contributed by atoms with Crippen molar-refractivity contribution in [2.45, 2.75) is 13.0 Å². The summed E-state index contributed by atoms with van der Waals surface area (Å²) in [6.07, 6.45) is 0. The summed E-state index contributed by atoms with van der Waals surface area (Å²) in [5, 5.41) is 22.8. The number of aromatic amines is 1. The van der Waals surface area contributed by atoms with E-state index in [0.29, 0.717) is 11.2 Å². The zero-order valence-corrected chi connectivity index (χ0v) is 16.0. The number of imidazole rings is 1. The normalized spacial score (nSPS) is 13.1. The molecule has 3 rings (SSSR count). The third-order valence-corrected chi connectivity index (χ3v) is 4.55. The van der Waals surface area contributed by atoms with Gasteiger partial charge in [0.1, 0.15) is 23.2 Å². The van der Waals surface area contributed by atoms with Crippen molar-refractivity contribution < 1.29 is 14.3 Å². The van der Waals surface area contributed by atoms with E-state index in [1.807, 2.05) is 24.3 Å². The van der Waals surface area contributed by atoms with E-state index in [0.717, 1.165) is 5.52 Å². The number of para-hydroxylation sites is 2. The Bertz CT molecular complexity index is 1080. The summed E-state index contributed by atoms with van der Waals surface area (Å²) in [6, 6.07) is 14.2. The molecular formula is C21H20FN5O2. The Morgan fingerprint density at radius 2 is 2.10 bits per heavy atom. The number of halogens is 1. The molecule has 0 radical (unpaired) electrons. The Kier molecular flexibility index (Phi) is 5.90. The highest BCUT2D eigenvalue weighted by Gasteiger charge is 2.22. The van der Waals surface area contributed by atoms with Crippen molar-refractivity contribution in [1.29, 1.82) is 5.26 Å². The molecule has 0 aliphatic rings. The number of benzene rings is 2. The van der Waals surface area contributed by atoms with Gasteiger partial charge in [-0.05, 0) is 44.3 Å². The molecule has 0 spiro atoms.